The molecule has 3 aromatic rings. The summed E-state index contributed by atoms with van der Waals surface area (Å²) < 4.78 is 28.0. The van der Waals surface area contributed by atoms with Crippen molar-refractivity contribution in [2.24, 2.45) is 0 Å². The lowest BCUT2D eigenvalue weighted by Gasteiger charge is -2.03. The van der Waals surface area contributed by atoms with Crippen molar-refractivity contribution in [3.63, 3.8) is 0 Å². The standard InChI is InChI=1S/C19H16O5P/c1-22-16-12-24-19(23-2)17(16)18(20)13-8-10-15(11-9-13)25(21)14-6-4-3-5-7-14/h3-12H,1-2H3/q+1. The molecule has 0 aliphatic carbocycles. The van der Waals surface area contributed by atoms with Crippen LogP contribution in [0.4, 0.5) is 0 Å². The smallest absolute Gasteiger partial charge is 0.415 e. The molecule has 0 spiro atoms. The lowest BCUT2D eigenvalue weighted by molar-refractivity contribution is 0.103. The number of ketones is 1. The zero-order valence-electron chi connectivity index (χ0n) is 13.8. The second-order valence-electron chi connectivity index (χ2n) is 5.18. The molecule has 0 radical (unpaired) electrons. The molecule has 0 saturated heterocycles. The molecule has 0 aliphatic heterocycles. The third-order valence-corrected chi connectivity index (χ3v) is 5.24. The van der Waals surface area contributed by atoms with Crippen LogP contribution < -0.4 is 20.1 Å². The van der Waals surface area contributed by atoms with Crippen LogP contribution >= 0.6 is 7.80 Å². The molecule has 6 heteroatoms. The number of methoxy groups -OCH3 is 2. The average Bonchev–Trinajstić information content (AvgIpc) is 3.10. The number of rotatable bonds is 6. The number of carbonyl (C=O) groups excluding carboxylic acids is 1. The van der Waals surface area contributed by atoms with Crippen LogP contribution in [-0.2, 0) is 4.57 Å². The lowest BCUT2D eigenvalue weighted by Crippen LogP contribution is -2.09. The maximum atomic E-state index is 12.7. The van der Waals surface area contributed by atoms with E-state index in [9.17, 15) is 9.36 Å². The predicted molar refractivity (Wildman–Crippen MR) is 95.0 cm³/mol. The van der Waals surface area contributed by atoms with Gasteiger partial charge in [-0.3, -0.25) is 4.79 Å². The van der Waals surface area contributed by atoms with Gasteiger partial charge in [-0.25, -0.2) is 0 Å². The van der Waals surface area contributed by atoms with Crippen molar-refractivity contribution in [1.82, 2.24) is 0 Å². The van der Waals surface area contributed by atoms with E-state index in [0.29, 0.717) is 16.6 Å². The molecule has 5 nitrogen and oxygen atoms in total. The normalized spacial score (nSPS) is 11.0. The molecule has 0 bridgehead atoms. The summed E-state index contributed by atoms with van der Waals surface area (Å²) in [6, 6.07) is 15.9. The van der Waals surface area contributed by atoms with Crippen molar-refractivity contribution < 1.29 is 23.3 Å². The minimum Gasteiger partial charge on any atom is -0.492 e. The summed E-state index contributed by atoms with van der Waals surface area (Å²) in [5.41, 5.74) is 0.656. The SMILES string of the molecule is COc1coc(OC)c1C(=O)c1ccc([P+](=O)c2ccccc2)cc1. The molecule has 0 amide bonds. The van der Waals surface area contributed by atoms with Crippen molar-refractivity contribution in [3.8, 4) is 11.7 Å². The fraction of sp³-hybridized carbons (Fsp3) is 0.105. The molecular weight excluding hydrogens is 339 g/mol. The predicted octanol–water partition coefficient (Wildman–Crippen LogP) is 3.31. The second kappa shape index (κ2) is 7.32. The van der Waals surface area contributed by atoms with Gasteiger partial charge in [0.25, 0.3) is 5.95 Å². The number of hydrogen-bond donors (Lipinski definition) is 0. The lowest BCUT2D eigenvalue weighted by atomic mass is 10.1. The molecule has 3 rings (SSSR count). The Morgan fingerprint density at radius 2 is 1.56 bits per heavy atom. The highest BCUT2D eigenvalue weighted by Crippen LogP contribution is 2.33. The number of benzene rings is 2. The van der Waals surface area contributed by atoms with Gasteiger partial charge in [0, 0.05) is 5.56 Å². The molecule has 25 heavy (non-hydrogen) atoms. The van der Waals surface area contributed by atoms with E-state index in [2.05, 4.69) is 0 Å². The minimum absolute atomic E-state index is 0.0984. The van der Waals surface area contributed by atoms with E-state index in [0.717, 1.165) is 5.30 Å². The second-order valence-corrected chi connectivity index (χ2v) is 6.80. The summed E-state index contributed by atoms with van der Waals surface area (Å²) in [6.07, 6.45) is 1.33. The highest BCUT2D eigenvalue weighted by Gasteiger charge is 2.26. The summed E-state index contributed by atoms with van der Waals surface area (Å²) in [5.74, 6) is 0.117. The topological polar surface area (TPSA) is 65.7 Å². The molecule has 126 valence electrons. The van der Waals surface area contributed by atoms with E-state index in [1.54, 1.807) is 24.3 Å². The molecule has 0 fully saturated rings. The summed E-state index contributed by atoms with van der Waals surface area (Å²) in [7, 11) is 1.18. The Labute approximate surface area is 146 Å². The zero-order valence-corrected chi connectivity index (χ0v) is 14.7. The van der Waals surface area contributed by atoms with Crippen LogP contribution in [0.1, 0.15) is 15.9 Å². The van der Waals surface area contributed by atoms with Gasteiger partial charge in [0.05, 0.1) is 14.2 Å². The number of hydrogen-bond acceptors (Lipinski definition) is 5. The largest absolute Gasteiger partial charge is 0.492 e. The quantitative estimate of drug-likeness (QED) is 0.501. The van der Waals surface area contributed by atoms with Gasteiger partial charge in [0.2, 0.25) is 5.78 Å². The van der Waals surface area contributed by atoms with Gasteiger partial charge in [-0.05, 0) is 36.4 Å². The first kappa shape index (κ1) is 16.9. The van der Waals surface area contributed by atoms with E-state index >= 15 is 0 Å². The van der Waals surface area contributed by atoms with Crippen molar-refractivity contribution in [2.45, 2.75) is 0 Å². The highest BCUT2D eigenvalue weighted by atomic mass is 31.1. The number of furan rings is 1. The van der Waals surface area contributed by atoms with Gasteiger partial charge in [-0.15, -0.1) is 0 Å². The van der Waals surface area contributed by atoms with Crippen LogP contribution in [0.15, 0.2) is 65.3 Å². The fourth-order valence-corrected chi connectivity index (χ4v) is 3.60. The Bertz CT molecular complexity index is 876. The molecule has 0 N–H and O–H groups in total. The van der Waals surface area contributed by atoms with Crippen LogP contribution in [0.25, 0.3) is 0 Å². The van der Waals surface area contributed by atoms with E-state index in [4.69, 9.17) is 13.9 Å². The Morgan fingerprint density at radius 1 is 0.920 bits per heavy atom. The first-order valence-electron chi connectivity index (χ1n) is 7.52. The molecule has 2 aromatic carbocycles. The summed E-state index contributed by atoms with van der Waals surface area (Å²) >= 11 is 0. The first-order chi connectivity index (χ1) is 12.2. The van der Waals surface area contributed by atoms with E-state index in [1.807, 2.05) is 30.3 Å². The van der Waals surface area contributed by atoms with Crippen LogP contribution in [-0.4, -0.2) is 20.0 Å². The Morgan fingerprint density at radius 3 is 2.16 bits per heavy atom. The fourth-order valence-electron chi connectivity index (χ4n) is 2.44. The van der Waals surface area contributed by atoms with Gasteiger partial charge >= 0.3 is 7.80 Å². The molecule has 1 atom stereocenters. The molecule has 0 aliphatic rings. The Balaban J connectivity index is 1.89. The van der Waals surface area contributed by atoms with E-state index < -0.39 is 7.80 Å². The van der Waals surface area contributed by atoms with Crippen LogP contribution in [0, 0.1) is 0 Å². The Hall–Kier alpha value is -2.91. The zero-order chi connectivity index (χ0) is 17.8. The van der Waals surface area contributed by atoms with Crippen molar-refractivity contribution in [1.29, 1.82) is 0 Å². The average molecular weight is 355 g/mol. The summed E-state index contributed by atoms with van der Waals surface area (Å²) in [5, 5.41) is 1.40. The monoisotopic (exact) mass is 355 g/mol. The van der Waals surface area contributed by atoms with Crippen molar-refractivity contribution in [2.75, 3.05) is 14.2 Å². The molecule has 0 saturated carbocycles. The van der Waals surface area contributed by atoms with Crippen molar-refractivity contribution >= 4 is 24.2 Å². The molecule has 1 unspecified atom stereocenters. The van der Waals surface area contributed by atoms with Gasteiger partial charge in [-0.1, -0.05) is 22.8 Å². The third kappa shape index (κ3) is 3.32. The third-order valence-electron chi connectivity index (χ3n) is 3.71. The Kier molecular flexibility index (Phi) is 4.96. The van der Waals surface area contributed by atoms with Gasteiger partial charge in [-0.2, -0.15) is 0 Å². The van der Waals surface area contributed by atoms with Crippen LogP contribution in [0.5, 0.6) is 11.7 Å². The van der Waals surface area contributed by atoms with Gasteiger partial charge in [0.15, 0.2) is 16.4 Å². The summed E-state index contributed by atoms with van der Waals surface area (Å²) in [6.45, 7) is 0. The first-order valence-corrected chi connectivity index (χ1v) is 8.78. The van der Waals surface area contributed by atoms with E-state index in [-0.39, 0.29) is 17.3 Å². The van der Waals surface area contributed by atoms with Crippen LogP contribution in [0.3, 0.4) is 0 Å². The van der Waals surface area contributed by atoms with E-state index in [1.165, 1.54) is 20.5 Å². The van der Waals surface area contributed by atoms with Gasteiger partial charge < -0.3 is 13.9 Å². The number of carbonyl (C=O) groups is 1. The van der Waals surface area contributed by atoms with Gasteiger partial charge in [0.1, 0.15) is 11.8 Å². The van der Waals surface area contributed by atoms with Crippen LogP contribution in [0.2, 0.25) is 0 Å². The molecular formula is C19H16O5P+. The maximum Gasteiger partial charge on any atom is 0.415 e. The molecule has 1 heterocycles. The summed E-state index contributed by atoms with van der Waals surface area (Å²) in [4.78, 5) is 12.7. The number of ether oxygens (including phenoxy) is 2. The maximum absolute atomic E-state index is 12.7. The highest BCUT2D eigenvalue weighted by molar-refractivity contribution is 7.61. The minimum atomic E-state index is -1.70. The molecule has 1 aromatic heterocycles. The van der Waals surface area contributed by atoms with Crippen molar-refractivity contribution in [3.05, 3.63) is 72.0 Å².